The molecule has 1 fully saturated rings. The van der Waals surface area contributed by atoms with E-state index < -0.39 is 28.3 Å². The fraction of sp³-hybridized carbons (Fsp3) is 0.300. The maximum Gasteiger partial charge on any atom is 0.275 e. The molecule has 0 aromatic heterocycles. The van der Waals surface area contributed by atoms with Gasteiger partial charge in [0.2, 0.25) is 0 Å². The van der Waals surface area contributed by atoms with Crippen molar-refractivity contribution >= 4 is 17.2 Å². The van der Waals surface area contributed by atoms with Crippen LogP contribution in [0.1, 0.15) is 34.3 Å². The molecule has 28 heavy (non-hydrogen) atoms. The molecule has 144 valence electrons. The fourth-order valence-corrected chi connectivity index (χ4v) is 3.56. The number of carbonyl (C=O) groups excluding carboxylic acids is 1. The van der Waals surface area contributed by atoms with Crippen LogP contribution in [0.25, 0.3) is 0 Å². The van der Waals surface area contributed by atoms with Crippen molar-refractivity contribution in [3.63, 3.8) is 0 Å². The number of nitro benzene ring substituents is 1. The minimum absolute atomic E-state index is 0.130. The van der Waals surface area contributed by atoms with E-state index in [1.807, 2.05) is 11.0 Å². The van der Waals surface area contributed by atoms with Gasteiger partial charge in [-0.25, -0.2) is 8.78 Å². The Hall–Kier alpha value is -3.34. The lowest BCUT2D eigenvalue weighted by molar-refractivity contribution is -0.385. The zero-order valence-electron chi connectivity index (χ0n) is 15.1. The Kier molecular flexibility index (Phi) is 5.36. The molecule has 3 rings (SSSR count). The molecule has 0 saturated carbocycles. The number of piperidine rings is 1. The van der Waals surface area contributed by atoms with Gasteiger partial charge in [0, 0.05) is 30.8 Å². The number of halogens is 2. The predicted molar refractivity (Wildman–Crippen MR) is 98.2 cm³/mol. The van der Waals surface area contributed by atoms with Gasteiger partial charge in [-0.05, 0) is 44.0 Å². The molecule has 8 heteroatoms. The average molecular weight is 385 g/mol. The number of rotatable bonds is 4. The minimum atomic E-state index is -0.748. The molecule has 0 N–H and O–H groups in total. The van der Waals surface area contributed by atoms with Crippen molar-refractivity contribution in [2.24, 2.45) is 5.92 Å². The molecule has 1 heterocycles. The van der Waals surface area contributed by atoms with Crippen LogP contribution in [0, 0.1) is 45.9 Å². The summed E-state index contributed by atoms with van der Waals surface area (Å²) >= 11 is 0. The summed E-state index contributed by atoms with van der Waals surface area (Å²) < 4.78 is 27.2. The molecule has 1 saturated heterocycles. The first-order chi connectivity index (χ1) is 13.3. The third-order valence-corrected chi connectivity index (χ3v) is 5.08. The number of Topliss-reactive ketones (excluding diaryl/α,β-unsaturated/α-hetero) is 1. The molecule has 0 aliphatic carbocycles. The SMILES string of the molecule is Cc1c(N2CCC(C(=O)c3cc(F)ccc3F)CC2)cc(C#N)cc1[N+](=O)[O-]. The molecule has 0 amide bonds. The second kappa shape index (κ2) is 7.72. The van der Waals surface area contributed by atoms with Crippen molar-refractivity contribution in [2.45, 2.75) is 19.8 Å². The number of nitrogens with zero attached hydrogens (tertiary/aromatic N) is 3. The number of nitro groups is 1. The quantitative estimate of drug-likeness (QED) is 0.448. The zero-order chi connectivity index (χ0) is 20.4. The summed E-state index contributed by atoms with van der Waals surface area (Å²) in [6.07, 6.45) is 0.803. The van der Waals surface area contributed by atoms with Crippen LogP contribution in [0.2, 0.25) is 0 Å². The highest BCUT2D eigenvalue weighted by molar-refractivity contribution is 5.98. The van der Waals surface area contributed by atoms with Crippen LogP contribution in [0.5, 0.6) is 0 Å². The third kappa shape index (κ3) is 3.69. The van der Waals surface area contributed by atoms with Gasteiger partial charge in [0.1, 0.15) is 11.6 Å². The fourth-order valence-electron chi connectivity index (χ4n) is 3.56. The molecule has 6 nitrogen and oxygen atoms in total. The molecule has 0 atom stereocenters. The van der Waals surface area contributed by atoms with Crippen molar-refractivity contribution in [3.05, 3.63) is 68.8 Å². The summed E-state index contributed by atoms with van der Waals surface area (Å²) in [5.74, 6) is -2.31. The largest absolute Gasteiger partial charge is 0.371 e. The Morgan fingerprint density at radius 3 is 2.54 bits per heavy atom. The Balaban J connectivity index is 1.80. The Morgan fingerprint density at radius 1 is 1.25 bits per heavy atom. The number of hydrogen-bond donors (Lipinski definition) is 0. The number of nitriles is 1. The third-order valence-electron chi connectivity index (χ3n) is 5.08. The lowest BCUT2D eigenvalue weighted by atomic mass is 9.88. The van der Waals surface area contributed by atoms with E-state index in [2.05, 4.69) is 0 Å². The van der Waals surface area contributed by atoms with E-state index in [4.69, 9.17) is 5.26 Å². The molecule has 0 unspecified atom stereocenters. The predicted octanol–water partition coefficient (Wildman–Crippen LogP) is 4.15. The van der Waals surface area contributed by atoms with E-state index in [0.29, 0.717) is 37.2 Å². The van der Waals surface area contributed by atoms with Gasteiger partial charge in [-0.1, -0.05) is 0 Å². The highest BCUT2D eigenvalue weighted by Crippen LogP contribution is 2.33. The molecule has 0 radical (unpaired) electrons. The molecule has 1 aliphatic heterocycles. The molecule has 0 spiro atoms. The summed E-state index contributed by atoms with van der Waals surface area (Å²) in [7, 11) is 0. The number of carbonyl (C=O) groups is 1. The van der Waals surface area contributed by atoms with Crippen molar-refractivity contribution in [2.75, 3.05) is 18.0 Å². The number of ketones is 1. The summed E-state index contributed by atoms with van der Waals surface area (Å²) in [5, 5.41) is 20.4. The van der Waals surface area contributed by atoms with E-state index in [-0.39, 0.29) is 16.8 Å². The van der Waals surface area contributed by atoms with Gasteiger partial charge in [-0.2, -0.15) is 5.26 Å². The van der Waals surface area contributed by atoms with Crippen LogP contribution in [-0.2, 0) is 0 Å². The standard InChI is InChI=1S/C20H17F2N3O3/c1-12-18(8-13(11-23)9-19(12)25(27)28)24-6-4-14(5-7-24)20(26)16-10-15(21)2-3-17(16)22/h2-3,8-10,14H,4-7H2,1H3. The Labute approximate surface area is 160 Å². The second-order valence-corrected chi connectivity index (χ2v) is 6.76. The molecule has 2 aromatic carbocycles. The Bertz CT molecular complexity index is 993. The van der Waals surface area contributed by atoms with Crippen LogP contribution in [0.3, 0.4) is 0 Å². The zero-order valence-corrected chi connectivity index (χ0v) is 15.1. The first-order valence-electron chi connectivity index (χ1n) is 8.75. The lowest BCUT2D eigenvalue weighted by Crippen LogP contribution is -2.37. The topological polar surface area (TPSA) is 87.2 Å². The smallest absolute Gasteiger partial charge is 0.275 e. The Morgan fingerprint density at radius 2 is 1.93 bits per heavy atom. The summed E-state index contributed by atoms with van der Waals surface area (Å²) in [5.41, 5.74) is 0.830. The van der Waals surface area contributed by atoms with Crippen LogP contribution in [-0.4, -0.2) is 23.8 Å². The highest BCUT2D eigenvalue weighted by Gasteiger charge is 2.29. The molecular weight excluding hydrogens is 368 g/mol. The van der Waals surface area contributed by atoms with Crippen molar-refractivity contribution < 1.29 is 18.5 Å². The van der Waals surface area contributed by atoms with E-state index in [9.17, 15) is 23.7 Å². The van der Waals surface area contributed by atoms with Gasteiger partial charge < -0.3 is 4.90 Å². The highest BCUT2D eigenvalue weighted by atomic mass is 19.1. The summed E-state index contributed by atoms with van der Waals surface area (Å²) in [6.45, 7) is 2.45. The number of benzene rings is 2. The summed E-state index contributed by atoms with van der Waals surface area (Å²) in [4.78, 5) is 25.2. The van der Waals surface area contributed by atoms with E-state index in [0.717, 1.165) is 18.2 Å². The van der Waals surface area contributed by atoms with Crippen molar-refractivity contribution in [1.29, 1.82) is 5.26 Å². The van der Waals surface area contributed by atoms with E-state index in [1.165, 1.54) is 6.07 Å². The molecule has 1 aliphatic rings. The van der Waals surface area contributed by atoms with Gasteiger partial charge in [0.25, 0.3) is 5.69 Å². The minimum Gasteiger partial charge on any atom is -0.371 e. The second-order valence-electron chi connectivity index (χ2n) is 6.76. The molecular formula is C20H17F2N3O3. The lowest BCUT2D eigenvalue weighted by Gasteiger charge is -2.34. The van der Waals surface area contributed by atoms with Crippen LogP contribution in [0.4, 0.5) is 20.2 Å². The van der Waals surface area contributed by atoms with Crippen molar-refractivity contribution in [1.82, 2.24) is 0 Å². The normalized spacial score (nSPS) is 14.6. The van der Waals surface area contributed by atoms with Crippen LogP contribution < -0.4 is 4.90 Å². The number of hydrogen-bond acceptors (Lipinski definition) is 5. The maximum absolute atomic E-state index is 13.9. The molecule has 2 aromatic rings. The number of anilines is 1. The summed E-state index contributed by atoms with van der Waals surface area (Å²) in [6, 6.07) is 7.57. The van der Waals surface area contributed by atoms with E-state index in [1.54, 1.807) is 13.0 Å². The van der Waals surface area contributed by atoms with Gasteiger partial charge in [0.05, 0.1) is 27.7 Å². The monoisotopic (exact) mass is 385 g/mol. The van der Waals surface area contributed by atoms with Gasteiger partial charge in [-0.15, -0.1) is 0 Å². The first-order valence-corrected chi connectivity index (χ1v) is 8.75. The van der Waals surface area contributed by atoms with Crippen LogP contribution in [0.15, 0.2) is 30.3 Å². The molecule has 0 bridgehead atoms. The van der Waals surface area contributed by atoms with E-state index >= 15 is 0 Å². The first kappa shape index (κ1) is 19.4. The van der Waals surface area contributed by atoms with Gasteiger partial charge in [-0.3, -0.25) is 14.9 Å². The van der Waals surface area contributed by atoms with Crippen LogP contribution >= 0.6 is 0 Å². The van der Waals surface area contributed by atoms with Gasteiger partial charge in [0.15, 0.2) is 5.78 Å². The van der Waals surface area contributed by atoms with Crippen molar-refractivity contribution in [3.8, 4) is 6.07 Å². The average Bonchev–Trinajstić information content (AvgIpc) is 2.69. The van der Waals surface area contributed by atoms with Gasteiger partial charge >= 0.3 is 0 Å². The maximum atomic E-state index is 13.9.